The van der Waals surface area contributed by atoms with Crippen LogP contribution >= 0.6 is 15.9 Å². The fourth-order valence-corrected chi connectivity index (χ4v) is 1.45. The number of aromatic nitrogens is 4. The van der Waals surface area contributed by atoms with Crippen LogP contribution in [0.2, 0.25) is 0 Å². The van der Waals surface area contributed by atoms with E-state index in [1.165, 1.54) is 0 Å². The van der Waals surface area contributed by atoms with Gasteiger partial charge in [0, 0.05) is 10.7 Å². The number of aromatic amines is 1. The monoisotopic (exact) mass is 254 g/mol. The molecule has 0 aliphatic heterocycles. The summed E-state index contributed by atoms with van der Waals surface area (Å²) in [6.07, 6.45) is 1.66. The molecule has 0 aliphatic carbocycles. The number of aliphatic hydroxyl groups is 1. The first-order valence-corrected chi connectivity index (χ1v) is 4.73. The third-order valence-electron chi connectivity index (χ3n) is 1.65. The van der Waals surface area contributed by atoms with Crippen LogP contribution in [-0.2, 0) is 6.61 Å². The van der Waals surface area contributed by atoms with E-state index in [9.17, 15) is 0 Å². The van der Waals surface area contributed by atoms with Crippen molar-refractivity contribution in [3.63, 3.8) is 0 Å². The van der Waals surface area contributed by atoms with Gasteiger partial charge in [-0.25, -0.2) is 4.98 Å². The number of hydrogen-bond donors (Lipinski definition) is 2. The molecule has 0 radical (unpaired) electrons. The molecule has 0 atom stereocenters. The molecule has 0 bridgehead atoms. The fraction of sp³-hybridized carbons (Fsp3) is 0.125. The summed E-state index contributed by atoms with van der Waals surface area (Å²) >= 11 is 3.35. The topological polar surface area (TPSA) is 74.7 Å². The Kier molecular flexibility index (Phi) is 2.55. The predicted octanol–water partition coefficient (Wildman–Crippen LogP) is 1.12. The zero-order valence-corrected chi connectivity index (χ0v) is 8.69. The predicted molar refractivity (Wildman–Crippen MR) is 53.2 cm³/mol. The van der Waals surface area contributed by atoms with E-state index in [1.54, 1.807) is 6.20 Å². The summed E-state index contributed by atoms with van der Waals surface area (Å²) in [6.45, 7) is -0.155. The number of pyridine rings is 1. The molecule has 0 aromatic carbocycles. The number of halogens is 1. The van der Waals surface area contributed by atoms with Crippen LogP contribution in [0.15, 0.2) is 22.8 Å². The van der Waals surface area contributed by atoms with Gasteiger partial charge >= 0.3 is 0 Å². The van der Waals surface area contributed by atoms with Gasteiger partial charge in [0.1, 0.15) is 12.3 Å². The summed E-state index contributed by atoms with van der Waals surface area (Å²) in [4.78, 5) is 8.17. The van der Waals surface area contributed by atoms with Crippen LogP contribution in [0.3, 0.4) is 0 Å². The molecule has 0 fully saturated rings. The van der Waals surface area contributed by atoms with E-state index in [0.29, 0.717) is 17.3 Å². The van der Waals surface area contributed by atoms with Crippen molar-refractivity contribution in [2.24, 2.45) is 0 Å². The van der Waals surface area contributed by atoms with Crippen LogP contribution < -0.4 is 0 Å². The maximum absolute atomic E-state index is 8.80. The molecule has 6 heteroatoms. The van der Waals surface area contributed by atoms with Crippen LogP contribution in [-0.4, -0.2) is 25.3 Å². The normalized spacial score (nSPS) is 10.4. The molecule has 2 rings (SSSR count). The van der Waals surface area contributed by atoms with Gasteiger partial charge in [-0.2, -0.15) is 5.10 Å². The highest BCUT2D eigenvalue weighted by atomic mass is 79.9. The van der Waals surface area contributed by atoms with Gasteiger partial charge in [0.2, 0.25) is 5.82 Å². The van der Waals surface area contributed by atoms with Crippen LogP contribution in [0, 0.1) is 0 Å². The summed E-state index contributed by atoms with van der Waals surface area (Å²) < 4.78 is 0.823. The van der Waals surface area contributed by atoms with E-state index in [1.807, 2.05) is 12.1 Å². The molecule has 2 aromatic heterocycles. The number of nitrogens with one attached hydrogen (secondary N) is 1. The standard InChI is InChI=1S/C8H7BrN4O/c9-5-2-1-3-10-7(5)8-11-6(4-14)12-13-8/h1-3,14H,4H2,(H,11,12,13). The highest BCUT2D eigenvalue weighted by Gasteiger charge is 2.09. The minimum Gasteiger partial charge on any atom is -0.388 e. The van der Waals surface area contributed by atoms with Gasteiger partial charge in [0.15, 0.2) is 5.82 Å². The third-order valence-corrected chi connectivity index (χ3v) is 2.29. The van der Waals surface area contributed by atoms with Crippen molar-refractivity contribution in [2.45, 2.75) is 6.61 Å². The SMILES string of the molecule is OCc1nc(-c2ncccc2Br)n[nH]1. The maximum atomic E-state index is 8.80. The molecule has 0 saturated heterocycles. The van der Waals surface area contributed by atoms with Gasteiger partial charge in [0.05, 0.1) is 0 Å². The molecule has 14 heavy (non-hydrogen) atoms. The third kappa shape index (κ3) is 1.66. The molecule has 2 heterocycles. The second-order valence-corrected chi connectivity index (χ2v) is 3.45. The molecule has 72 valence electrons. The van der Waals surface area contributed by atoms with Crippen molar-refractivity contribution < 1.29 is 5.11 Å². The average Bonchev–Trinajstić information content (AvgIpc) is 2.67. The summed E-state index contributed by atoms with van der Waals surface area (Å²) in [5.74, 6) is 0.902. The molecule has 0 aliphatic rings. The molecule has 0 amide bonds. The van der Waals surface area contributed by atoms with Gasteiger partial charge in [-0.15, -0.1) is 0 Å². The van der Waals surface area contributed by atoms with Crippen LogP contribution in [0.5, 0.6) is 0 Å². The van der Waals surface area contributed by atoms with Gasteiger partial charge in [0.25, 0.3) is 0 Å². The molecule has 5 nitrogen and oxygen atoms in total. The maximum Gasteiger partial charge on any atom is 0.201 e. The largest absolute Gasteiger partial charge is 0.388 e. The summed E-state index contributed by atoms with van der Waals surface area (Å²) in [5.41, 5.74) is 0.656. The summed E-state index contributed by atoms with van der Waals surface area (Å²) in [5, 5.41) is 15.3. The van der Waals surface area contributed by atoms with E-state index in [0.717, 1.165) is 4.47 Å². The number of rotatable bonds is 2. The number of H-pyrrole nitrogens is 1. The minimum atomic E-state index is -0.155. The first-order valence-electron chi connectivity index (χ1n) is 3.94. The molecule has 2 aromatic rings. The van der Waals surface area contributed by atoms with Crippen molar-refractivity contribution in [1.29, 1.82) is 0 Å². The molecular weight excluding hydrogens is 248 g/mol. The Morgan fingerprint density at radius 2 is 2.36 bits per heavy atom. The first-order chi connectivity index (χ1) is 6.81. The highest BCUT2D eigenvalue weighted by Crippen LogP contribution is 2.21. The number of hydrogen-bond acceptors (Lipinski definition) is 4. The zero-order valence-electron chi connectivity index (χ0n) is 7.11. The number of nitrogens with zero attached hydrogens (tertiary/aromatic N) is 3. The van der Waals surface area contributed by atoms with Crippen molar-refractivity contribution in [2.75, 3.05) is 0 Å². The summed E-state index contributed by atoms with van der Waals surface area (Å²) in [6, 6.07) is 3.67. The lowest BCUT2D eigenvalue weighted by atomic mass is 10.3. The van der Waals surface area contributed by atoms with Gasteiger partial charge in [-0.3, -0.25) is 10.1 Å². The van der Waals surface area contributed by atoms with E-state index < -0.39 is 0 Å². The molecule has 0 saturated carbocycles. The van der Waals surface area contributed by atoms with E-state index in [2.05, 4.69) is 36.1 Å². The van der Waals surface area contributed by atoms with Crippen molar-refractivity contribution in [3.05, 3.63) is 28.6 Å². The van der Waals surface area contributed by atoms with Gasteiger partial charge < -0.3 is 5.11 Å². The van der Waals surface area contributed by atoms with Gasteiger partial charge in [-0.1, -0.05) is 0 Å². The molecule has 0 unspecified atom stereocenters. The molecule has 0 spiro atoms. The average molecular weight is 255 g/mol. The van der Waals surface area contributed by atoms with Crippen LogP contribution in [0.4, 0.5) is 0 Å². The highest BCUT2D eigenvalue weighted by molar-refractivity contribution is 9.10. The fourth-order valence-electron chi connectivity index (χ4n) is 1.02. The Hall–Kier alpha value is -1.27. The molecular formula is C8H7BrN4O. The quantitative estimate of drug-likeness (QED) is 0.843. The van der Waals surface area contributed by atoms with Gasteiger partial charge in [-0.05, 0) is 28.1 Å². The van der Waals surface area contributed by atoms with E-state index in [-0.39, 0.29) is 6.61 Å². The van der Waals surface area contributed by atoms with Crippen LogP contribution in [0.25, 0.3) is 11.5 Å². The van der Waals surface area contributed by atoms with Crippen molar-refractivity contribution >= 4 is 15.9 Å². The Balaban J connectivity index is 2.44. The molecule has 2 N–H and O–H groups in total. The lowest BCUT2D eigenvalue weighted by Crippen LogP contribution is -1.87. The zero-order chi connectivity index (χ0) is 9.97. The smallest absolute Gasteiger partial charge is 0.201 e. The lowest BCUT2D eigenvalue weighted by Gasteiger charge is -1.95. The Labute approximate surface area is 88.4 Å². The number of aliphatic hydroxyl groups excluding tert-OH is 1. The first kappa shape index (κ1) is 9.29. The Bertz CT molecular complexity index is 442. The lowest BCUT2D eigenvalue weighted by molar-refractivity contribution is 0.272. The minimum absolute atomic E-state index is 0.155. The Morgan fingerprint density at radius 3 is 3.00 bits per heavy atom. The van der Waals surface area contributed by atoms with E-state index >= 15 is 0 Å². The Morgan fingerprint density at radius 1 is 1.50 bits per heavy atom. The van der Waals surface area contributed by atoms with Crippen molar-refractivity contribution in [3.8, 4) is 11.5 Å². The second-order valence-electron chi connectivity index (χ2n) is 2.60. The summed E-state index contributed by atoms with van der Waals surface area (Å²) in [7, 11) is 0. The van der Waals surface area contributed by atoms with Crippen LogP contribution in [0.1, 0.15) is 5.82 Å². The van der Waals surface area contributed by atoms with Crippen molar-refractivity contribution in [1.82, 2.24) is 20.2 Å². The second kappa shape index (κ2) is 3.85. The van der Waals surface area contributed by atoms with E-state index in [4.69, 9.17) is 5.11 Å².